The summed E-state index contributed by atoms with van der Waals surface area (Å²) in [5, 5.41) is 0.374. The summed E-state index contributed by atoms with van der Waals surface area (Å²) in [6.45, 7) is 5.76. The van der Waals surface area contributed by atoms with E-state index in [-0.39, 0.29) is 22.8 Å². The molecular formula is C15H17FN2OS. The molecule has 0 bridgehead atoms. The lowest BCUT2D eigenvalue weighted by atomic mass is 9.93. The number of nitrogens with zero attached hydrogens (tertiary/aromatic N) is 1. The number of nitrogens with two attached hydrogens (primary N) is 1. The van der Waals surface area contributed by atoms with Gasteiger partial charge in [0.2, 0.25) is 0 Å². The number of fused-ring (bicyclic) bond motifs is 1. The van der Waals surface area contributed by atoms with Crippen molar-refractivity contribution in [2.45, 2.75) is 20.3 Å². The Labute approximate surface area is 121 Å². The van der Waals surface area contributed by atoms with Crippen LogP contribution in [-0.4, -0.2) is 23.9 Å². The maximum atomic E-state index is 13.8. The third kappa shape index (κ3) is 2.06. The second kappa shape index (κ2) is 4.45. The predicted octanol–water partition coefficient (Wildman–Crippen LogP) is 3.49. The third-order valence-electron chi connectivity index (χ3n) is 3.86. The van der Waals surface area contributed by atoms with Crippen LogP contribution < -0.4 is 5.73 Å². The average molecular weight is 292 g/mol. The number of anilines is 1. The molecule has 1 amide bonds. The fourth-order valence-corrected chi connectivity index (χ4v) is 3.82. The van der Waals surface area contributed by atoms with Gasteiger partial charge in [0, 0.05) is 17.8 Å². The Balaban J connectivity index is 2.01. The van der Waals surface area contributed by atoms with Crippen LogP contribution in [0.15, 0.2) is 18.2 Å². The van der Waals surface area contributed by atoms with E-state index in [4.69, 9.17) is 5.73 Å². The van der Waals surface area contributed by atoms with Crippen molar-refractivity contribution in [3.63, 3.8) is 0 Å². The summed E-state index contributed by atoms with van der Waals surface area (Å²) < 4.78 is 14.6. The Morgan fingerprint density at radius 1 is 1.45 bits per heavy atom. The van der Waals surface area contributed by atoms with Crippen LogP contribution in [0.25, 0.3) is 10.1 Å². The summed E-state index contributed by atoms with van der Waals surface area (Å²) in [6, 6.07) is 4.81. The smallest absolute Gasteiger partial charge is 0.266 e. The maximum Gasteiger partial charge on any atom is 0.266 e. The van der Waals surface area contributed by atoms with Crippen molar-refractivity contribution in [2.75, 3.05) is 18.8 Å². The standard InChI is InChI=1S/C15H17FN2OS/c1-15(2)6-7-18(8-15)14(19)13-12(17)11-9(16)4-3-5-10(11)20-13/h3-5H,6-8,17H2,1-2H3. The van der Waals surface area contributed by atoms with Gasteiger partial charge in [0.05, 0.1) is 11.1 Å². The lowest BCUT2D eigenvalue weighted by Crippen LogP contribution is -2.30. The Kier molecular flexibility index (Phi) is 2.97. The fourth-order valence-electron chi connectivity index (χ4n) is 2.72. The maximum absolute atomic E-state index is 13.8. The van der Waals surface area contributed by atoms with Crippen LogP contribution in [-0.2, 0) is 0 Å². The van der Waals surface area contributed by atoms with Crippen molar-refractivity contribution < 1.29 is 9.18 Å². The molecule has 0 aliphatic carbocycles. The molecule has 20 heavy (non-hydrogen) atoms. The quantitative estimate of drug-likeness (QED) is 0.874. The molecule has 3 nitrogen and oxygen atoms in total. The number of thiophene rings is 1. The summed E-state index contributed by atoms with van der Waals surface area (Å²) in [7, 11) is 0. The van der Waals surface area contributed by atoms with Crippen LogP contribution in [0, 0.1) is 11.2 Å². The molecule has 0 saturated carbocycles. The molecule has 1 saturated heterocycles. The minimum absolute atomic E-state index is 0.0753. The van der Waals surface area contributed by atoms with Gasteiger partial charge < -0.3 is 10.6 Å². The normalized spacial score (nSPS) is 17.9. The van der Waals surface area contributed by atoms with Crippen molar-refractivity contribution >= 4 is 33.0 Å². The van der Waals surface area contributed by atoms with Crippen molar-refractivity contribution in [3.05, 3.63) is 28.9 Å². The van der Waals surface area contributed by atoms with Gasteiger partial charge in [-0.25, -0.2) is 4.39 Å². The zero-order chi connectivity index (χ0) is 14.5. The highest BCUT2D eigenvalue weighted by Gasteiger charge is 2.34. The number of carbonyl (C=O) groups is 1. The molecule has 1 aliphatic heterocycles. The van der Waals surface area contributed by atoms with Crippen molar-refractivity contribution in [3.8, 4) is 0 Å². The monoisotopic (exact) mass is 292 g/mol. The molecule has 2 aromatic rings. The number of nitrogen functional groups attached to an aromatic ring is 1. The molecule has 5 heteroatoms. The molecule has 0 spiro atoms. The summed E-state index contributed by atoms with van der Waals surface area (Å²) in [6.07, 6.45) is 0.984. The van der Waals surface area contributed by atoms with Crippen LogP contribution in [0.4, 0.5) is 10.1 Å². The van der Waals surface area contributed by atoms with E-state index in [2.05, 4.69) is 13.8 Å². The Bertz CT molecular complexity index is 692. The number of hydrogen-bond donors (Lipinski definition) is 1. The van der Waals surface area contributed by atoms with E-state index in [1.165, 1.54) is 17.4 Å². The number of carbonyl (C=O) groups excluding carboxylic acids is 1. The van der Waals surface area contributed by atoms with Gasteiger partial charge in [0.1, 0.15) is 10.7 Å². The largest absolute Gasteiger partial charge is 0.397 e. The van der Waals surface area contributed by atoms with Gasteiger partial charge in [-0.2, -0.15) is 0 Å². The molecule has 0 radical (unpaired) electrons. The number of halogens is 1. The number of amides is 1. The van der Waals surface area contributed by atoms with E-state index < -0.39 is 0 Å². The van der Waals surface area contributed by atoms with Gasteiger partial charge in [-0.3, -0.25) is 4.79 Å². The van der Waals surface area contributed by atoms with E-state index >= 15 is 0 Å². The summed E-state index contributed by atoms with van der Waals surface area (Å²) >= 11 is 1.28. The Morgan fingerprint density at radius 2 is 2.20 bits per heavy atom. The average Bonchev–Trinajstić information content (AvgIpc) is 2.90. The topological polar surface area (TPSA) is 46.3 Å². The molecule has 0 atom stereocenters. The Morgan fingerprint density at radius 3 is 2.80 bits per heavy atom. The molecular weight excluding hydrogens is 275 g/mol. The van der Waals surface area contributed by atoms with Crippen molar-refractivity contribution in [2.24, 2.45) is 5.41 Å². The number of rotatable bonds is 1. The van der Waals surface area contributed by atoms with E-state index in [1.54, 1.807) is 12.1 Å². The van der Waals surface area contributed by atoms with Gasteiger partial charge in [-0.1, -0.05) is 19.9 Å². The fraction of sp³-hybridized carbons (Fsp3) is 0.400. The van der Waals surface area contributed by atoms with Gasteiger partial charge in [0.15, 0.2) is 0 Å². The van der Waals surface area contributed by atoms with Crippen LogP contribution in [0.5, 0.6) is 0 Å². The first-order valence-electron chi connectivity index (χ1n) is 6.65. The zero-order valence-electron chi connectivity index (χ0n) is 11.6. The molecule has 2 heterocycles. The van der Waals surface area contributed by atoms with Crippen molar-refractivity contribution in [1.82, 2.24) is 4.90 Å². The lowest BCUT2D eigenvalue weighted by Gasteiger charge is -2.19. The van der Waals surface area contributed by atoms with Crippen LogP contribution in [0.1, 0.15) is 29.9 Å². The SMILES string of the molecule is CC1(C)CCN(C(=O)c2sc3cccc(F)c3c2N)C1. The van der Waals surface area contributed by atoms with Crippen molar-refractivity contribution in [1.29, 1.82) is 0 Å². The minimum atomic E-state index is -0.364. The second-order valence-corrected chi connectivity index (χ2v) is 7.15. The summed E-state index contributed by atoms with van der Waals surface area (Å²) in [5.74, 6) is -0.439. The summed E-state index contributed by atoms with van der Waals surface area (Å²) in [4.78, 5) is 14.8. The van der Waals surface area contributed by atoms with Gasteiger partial charge in [-0.05, 0) is 24.0 Å². The van der Waals surface area contributed by atoms with Crippen LogP contribution in [0.2, 0.25) is 0 Å². The molecule has 1 aromatic carbocycles. The molecule has 0 unspecified atom stereocenters. The van der Waals surface area contributed by atoms with E-state index in [0.717, 1.165) is 24.2 Å². The van der Waals surface area contributed by atoms with Crippen LogP contribution in [0.3, 0.4) is 0 Å². The highest BCUT2D eigenvalue weighted by molar-refractivity contribution is 7.21. The van der Waals surface area contributed by atoms with E-state index in [0.29, 0.717) is 10.3 Å². The van der Waals surface area contributed by atoms with E-state index in [1.807, 2.05) is 4.90 Å². The molecule has 1 aliphatic rings. The lowest BCUT2D eigenvalue weighted by molar-refractivity contribution is 0.0784. The first-order chi connectivity index (χ1) is 9.39. The highest BCUT2D eigenvalue weighted by Crippen LogP contribution is 2.38. The zero-order valence-corrected chi connectivity index (χ0v) is 12.4. The first kappa shape index (κ1) is 13.4. The highest BCUT2D eigenvalue weighted by atomic mass is 32.1. The second-order valence-electron chi connectivity index (χ2n) is 6.10. The number of hydrogen-bond acceptors (Lipinski definition) is 3. The molecule has 106 valence electrons. The van der Waals surface area contributed by atoms with E-state index in [9.17, 15) is 9.18 Å². The van der Waals surface area contributed by atoms with Gasteiger partial charge in [-0.15, -0.1) is 11.3 Å². The Hall–Kier alpha value is -1.62. The van der Waals surface area contributed by atoms with Crippen LogP contribution >= 0.6 is 11.3 Å². The van der Waals surface area contributed by atoms with Gasteiger partial charge >= 0.3 is 0 Å². The summed E-state index contributed by atoms with van der Waals surface area (Å²) in [5.41, 5.74) is 6.42. The molecule has 3 rings (SSSR count). The number of benzene rings is 1. The third-order valence-corrected chi connectivity index (χ3v) is 5.02. The first-order valence-corrected chi connectivity index (χ1v) is 7.46. The minimum Gasteiger partial charge on any atom is -0.397 e. The molecule has 2 N–H and O–H groups in total. The predicted molar refractivity (Wildman–Crippen MR) is 80.5 cm³/mol. The number of likely N-dealkylation sites (tertiary alicyclic amines) is 1. The van der Waals surface area contributed by atoms with Gasteiger partial charge in [0.25, 0.3) is 5.91 Å². The molecule has 1 aromatic heterocycles. The molecule has 1 fully saturated rings.